The molecule has 2 unspecified atom stereocenters. The Kier molecular flexibility index (Phi) is 8.58. The number of hydrogen-bond acceptors (Lipinski definition) is 4. The van der Waals surface area contributed by atoms with E-state index in [2.05, 4.69) is 66.6 Å². The highest BCUT2D eigenvalue weighted by Crippen LogP contribution is 2.66. The maximum atomic E-state index is 14.5. The zero-order chi connectivity index (χ0) is 31.7. The van der Waals surface area contributed by atoms with Gasteiger partial charge in [0.05, 0.1) is 12.5 Å². The number of likely N-dealkylation sites (tertiary alicyclic amines) is 1. The highest BCUT2D eigenvalue weighted by atomic mass is 16.5. The molecule has 1 saturated carbocycles. The van der Waals surface area contributed by atoms with Gasteiger partial charge in [0.25, 0.3) is 5.91 Å². The molecular formula is C40H49N2O4+. The topological polar surface area (TPSA) is 67.8 Å². The summed E-state index contributed by atoms with van der Waals surface area (Å²) < 4.78 is 12.9. The molecule has 2 bridgehead atoms. The van der Waals surface area contributed by atoms with E-state index >= 15 is 0 Å². The number of unbranched alkanes of at least 4 members (excludes halogenated alkanes) is 1. The Balaban J connectivity index is 1.16. The van der Waals surface area contributed by atoms with Gasteiger partial charge in [-0.1, -0.05) is 73.7 Å². The van der Waals surface area contributed by atoms with Crippen molar-refractivity contribution in [3.05, 3.63) is 102 Å². The Morgan fingerprint density at radius 3 is 2.54 bits per heavy atom. The fraction of sp³-hybridized carbons (Fsp3) is 0.475. The molecule has 6 nitrogen and oxygen atoms in total. The van der Waals surface area contributed by atoms with Crippen molar-refractivity contribution in [2.45, 2.75) is 88.2 Å². The van der Waals surface area contributed by atoms with Crippen molar-refractivity contribution in [3.8, 4) is 17.2 Å². The lowest BCUT2D eigenvalue weighted by Crippen LogP contribution is -2.76. The lowest BCUT2D eigenvalue weighted by Gasteiger charge is -2.60. The number of amides is 1. The third kappa shape index (κ3) is 5.29. The highest BCUT2D eigenvalue weighted by molar-refractivity contribution is 5.77. The van der Waals surface area contributed by atoms with Gasteiger partial charge in [-0.25, -0.2) is 10.0 Å². The molecule has 2 aliphatic carbocycles. The number of quaternary nitrogens is 1. The molecular weight excluding hydrogens is 572 g/mol. The zero-order valence-electron chi connectivity index (χ0n) is 27.3. The first kappa shape index (κ1) is 30.9. The van der Waals surface area contributed by atoms with E-state index in [0.717, 1.165) is 82.1 Å². The van der Waals surface area contributed by atoms with E-state index in [1.165, 1.54) is 16.7 Å². The average Bonchev–Trinajstić information content (AvgIpc) is 3.42. The summed E-state index contributed by atoms with van der Waals surface area (Å²) in [4.78, 5) is 14.5. The second-order valence-corrected chi connectivity index (χ2v) is 14.1. The van der Waals surface area contributed by atoms with Gasteiger partial charge in [-0.3, -0.25) is 4.79 Å². The predicted molar refractivity (Wildman–Crippen MR) is 181 cm³/mol. The highest BCUT2D eigenvalue weighted by Gasteiger charge is 2.68. The molecule has 3 aromatic rings. The van der Waals surface area contributed by atoms with Gasteiger partial charge < -0.3 is 14.6 Å². The first-order valence-corrected chi connectivity index (χ1v) is 17.5. The standard InChI is InChI=1S/C40H48N2O4/c1-3-24-42(41-39(44)30(22-21-29-15-8-5-9-16-29)18-11-10-17-28-13-6-4-7-14-28)25-23-40-32-19-12-20-36(40)46-38-35(45-2)27-34(43)31(37(38)40)26-33(32)42/h3-9,13-16,27,30,32-33,36H,1,10-12,17-26H2,2H3,(H-,41,43,44)/p+1/t30?,32-,33+,36-,40+,42?/m0/s1. The molecule has 2 aliphatic heterocycles. The van der Waals surface area contributed by atoms with Crippen LogP contribution in [0.25, 0.3) is 0 Å². The van der Waals surface area contributed by atoms with E-state index in [4.69, 9.17) is 9.47 Å². The summed E-state index contributed by atoms with van der Waals surface area (Å²) in [5.41, 5.74) is 8.37. The second kappa shape index (κ2) is 12.8. The quantitative estimate of drug-likeness (QED) is 0.120. The predicted octanol–water partition coefficient (Wildman–Crippen LogP) is 7.22. The minimum absolute atomic E-state index is 0.0688. The molecule has 7 rings (SSSR count). The van der Waals surface area contributed by atoms with E-state index in [-0.39, 0.29) is 35.1 Å². The number of hydrogen-bond donors (Lipinski definition) is 2. The first-order valence-electron chi connectivity index (χ1n) is 17.5. The van der Waals surface area contributed by atoms with Crippen LogP contribution in [0.5, 0.6) is 17.2 Å². The number of aryl methyl sites for hydroxylation is 2. The van der Waals surface area contributed by atoms with Crippen LogP contribution >= 0.6 is 0 Å². The molecule has 3 aromatic carbocycles. The number of carbonyl (C=O) groups excluding carboxylic acids is 1. The van der Waals surface area contributed by atoms with E-state index in [1.807, 2.05) is 12.1 Å². The smallest absolute Gasteiger partial charge is 0.268 e. The molecule has 4 aliphatic rings. The van der Waals surface area contributed by atoms with Crippen LogP contribution < -0.4 is 14.9 Å². The van der Waals surface area contributed by atoms with Crippen LogP contribution in [0.4, 0.5) is 0 Å². The number of phenols is 1. The summed E-state index contributed by atoms with van der Waals surface area (Å²) >= 11 is 0. The van der Waals surface area contributed by atoms with Crippen molar-refractivity contribution >= 4 is 5.91 Å². The Morgan fingerprint density at radius 1 is 1.09 bits per heavy atom. The SMILES string of the molecule is C=CC[N+]1(NC(=O)C(CCCCc2ccccc2)CCc2ccccc2)CC[C@]23c4c5c(O)cc(OC)c4O[C@H]2CCC[C@H]3[C@H]1C5. The summed E-state index contributed by atoms with van der Waals surface area (Å²) in [5, 5.41) is 11.4. The molecule has 1 spiro atoms. The van der Waals surface area contributed by atoms with Gasteiger partial charge in [0, 0.05) is 41.9 Å². The molecule has 1 amide bonds. The zero-order valence-corrected chi connectivity index (χ0v) is 27.3. The lowest BCUT2D eigenvalue weighted by atomic mass is 9.51. The number of methoxy groups -OCH3 is 1. The molecule has 2 N–H and O–H groups in total. The van der Waals surface area contributed by atoms with Crippen molar-refractivity contribution in [3.63, 3.8) is 0 Å². The van der Waals surface area contributed by atoms with Gasteiger partial charge in [0.15, 0.2) is 11.5 Å². The molecule has 0 aromatic heterocycles. The molecule has 46 heavy (non-hydrogen) atoms. The van der Waals surface area contributed by atoms with Gasteiger partial charge in [-0.15, -0.1) is 0 Å². The Bertz CT molecular complexity index is 1560. The lowest BCUT2D eigenvalue weighted by molar-refractivity contribution is -0.989. The fourth-order valence-corrected chi connectivity index (χ4v) is 9.70. The molecule has 2 heterocycles. The first-order chi connectivity index (χ1) is 22.5. The monoisotopic (exact) mass is 621 g/mol. The van der Waals surface area contributed by atoms with Crippen LogP contribution in [-0.2, 0) is 29.5 Å². The molecule has 6 atom stereocenters. The summed E-state index contributed by atoms with van der Waals surface area (Å²) in [7, 11) is 1.65. The van der Waals surface area contributed by atoms with Gasteiger partial charge in [-0.2, -0.15) is 0 Å². The number of aromatic hydroxyl groups is 1. The van der Waals surface area contributed by atoms with Crippen molar-refractivity contribution in [1.82, 2.24) is 5.43 Å². The van der Waals surface area contributed by atoms with E-state index in [0.29, 0.717) is 29.2 Å². The van der Waals surface area contributed by atoms with Crippen molar-refractivity contribution in [2.24, 2.45) is 11.8 Å². The second-order valence-electron chi connectivity index (χ2n) is 14.1. The van der Waals surface area contributed by atoms with Crippen LogP contribution in [0.2, 0.25) is 0 Å². The van der Waals surface area contributed by atoms with Crippen LogP contribution in [0, 0.1) is 11.8 Å². The number of carbonyl (C=O) groups is 1. The third-order valence-corrected chi connectivity index (χ3v) is 11.8. The van der Waals surface area contributed by atoms with Crippen LogP contribution in [0.3, 0.4) is 0 Å². The Labute approximate surface area is 274 Å². The van der Waals surface area contributed by atoms with Gasteiger partial charge in [-0.05, 0) is 68.6 Å². The maximum Gasteiger partial charge on any atom is 0.268 e. The maximum absolute atomic E-state index is 14.5. The van der Waals surface area contributed by atoms with Crippen LogP contribution in [-0.4, -0.2) is 48.0 Å². The van der Waals surface area contributed by atoms with Gasteiger partial charge in [0.2, 0.25) is 0 Å². The summed E-state index contributed by atoms with van der Waals surface area (Å²) in [6.07, 6.45) is 12.6. The van der Waals surface area contributed by atoms with Gasteiger partial charge >= 0.3 is 0 Å². The van der Waals surface area contributed by atoms with Crippen molar-refractivity contribution in [1.29, 1.82) is 0 Å². The molecule has 1 saturated heterocycles. The normalized spacial score (nSPS) is 27.6. The molecule has 242 valence electrons. The third-order valence-electron chi connectivity index (χ3n) is 11.8. The fourth-order valence-electron chi connectivity index (χ4n) is 9.70. The van der Waals surface area contributed by atoms with E-state index < -0.39 is 0 Å². The number of nitrogens with one attached hydrogen (secondary N) is 1. The minimum Gasteiger partial charge on any atom is -0.508 e. The average molecular weight is 622 g/mol. The number of phenolic OH excluding ortho intramolecular Hbond substituents is 1. The Hall–Kier alpha value is -3.77. The molecule has 0 radical (unpaired) electrons. The number of rotatable bonds is 13. The van der Waals surface area contributed by atoms with Crippen molar-refractivity contribution < 1.29 is 24.0 Å². The van der Waals surface area contributed by atoms with Crippen LogP contribution in [0.15, 0.2) is 79.4 Å². The summed E-state index contributed by atoms with van der Waals surface area (Å²) in [5.74, 6) is 2.22. The summed E-state index contributed by atoms with van der Waals surface area (Å²) in [6, 6.07) is 23.1. The van der Waals surface area contributed by atoms with Gasteiger partial charge in [0.1, 0.15) is 31.0 Å². The number of nitrogens with zero attached hydrogens (tertiary/aromatic N) is 1. The van der Waals surface area contributed by atoms with E-state index in [1.54, 1.807) is 13.2 Å². The number of ether oxygens (including phenoxy) is 2. The summed E-state index contributed by atoms with van der Waals surface area (Å²) in [6.45, 7) is 5.68. The molecule has 2 fully saturated rings. The van der Waals surface area contributed by atoms with E-state index in [9.17, 15) is 9.90 Å². The Morgan fingerprint density at radius 2 is 1.83 bits per heavy atom. The molecule has 6 heteroatoms. The van der Waals surface area contributed by atoms with Crippen molar-refractivity contribution in [2.75, 3.05) is 20.2 Å². The minimum atomic E-state index is -0.143. The largest absolute Gasteiger partial charge is 0.508 e. The number of piperidine rings is 1. The van der Waals surface area contributed by atoms with Crippen LogP contribution in [0.1, 0.15) is 73.6 Å². The number of benzene rings is 3.